The van der Waals surface area contributed by atoms with E-state index >= 15 is 0 Å². The van der Waals surface area contributed by atoms with E-state index in [2.05, 4.69) is 18.4 Å². The van der Waals surface area contributed by atoms with Gasteiger partial charge in [0, 0.05) is 0 Å². The number of nitriles is 1. The summed E-state index contributed by atoms with van der Waals surface area (Å²) in [6, 6.07) is 7.96. The highest BCUT2D eigenvalue weighted by molar-refractivity contribution is 5.52. The maximum absolute atomic E-state index is 8.52. The van der Waals surface area contributed by atoms with Crippen LogP contribution >= 0.6 is 0 Å². The Bertz CT molecular complexity index is 325. The van der Waals surface area contributed by atoms with Crippen LogP contribution in [0.25, 0.3) is 0 Å². The Hall–Kier alpha value is -1.53. The normalized spacial score (nSPS) is 9.31. The number of hydrogen-bond donors (Lipinski definition) is 2. The third-order valence-electron chi connectivity index (χ3n) is 1.99. The number of nitrogen functional groups attached to an aromatic ring is 1. The largest absolute Gasteiger partial charge is 0.324 e. The lowest BCUT2D eigenvalue weighted by Gasteiger charge is -2.07. The molecule has 0 fully saturated rings. The smallest absolute Gasteiger partial charge is 0.0669 e. The van der Waals surface area contributed by atoms with E-state index in [1.807, 2.05) is 18.2 Å². The average Bonchev–Trinajstić information content (AvgIpc) is 2.18. The summed E-state index contributed by atoms with van der Waals surface area (Å²) in [4.78, 5) is 0. The van der Waals surface area contributed by atoms with E-state index in [1.165, 1.54) is 0 Å². The first-order valence-electron chi connectivity index (χ1n) is 4.27. The molecule has 1 aromatic rings. The van der Waals surface area contributed by atoms with Crippen molar-refractivity contribution >= 4 is 5.69 Å². The molecule has 0 aliphatic rings. The van der Waals surface area contributed by atoms with Gasteiger partial charge in [-0.2, -0.15) is 5.26 Å². The first-order chi connectivity index (χ1) is 6.31. The number of nitrogens with two attached hydrogens (primary N) is 1. The number of aryl methyl sites for hydroxylation is 1. The number of nitrogens with one attached hydrogen (secondary N) is 1. The summed E-state index contributed by atoms with van der Waals surface area (Å²) in [5, 5.41) is 8.52. The molecule has 68 valence electrons. The molecule has 0 spiro atoms. The monoisotopic (exact) mass is 175 g/mol. The summed E-state index contributed by atoms with van der Waals surface area (Å²) in [6.07, 6.45) is 1.37. The van der Waals surface area contributed by atoms with Gasteiger partial charge >= 0.3 is 0 Å². The van der Waals surface area contributed by atoms with Crippen molar-refractivity contribution in [1.82, 2.24) is 0 Å². The summed E-state index contributed by atoms with van der Waals surface area (Å²) in [7, 11) is 0. The average molecular weight is 175 g/mol. The Morgan fingerprint density at radius 3 is 2.85 bits per heavy atom. The molecule has 0 heterocycles. The van der Waals surface area contributed by atoms with Crippen LogP contribution in [0.4, 0.5) is 5.69 Å². The third kappa shape index (κ3) is 2.20. The van der Waals surface area contributed by atoms with Gasteiger partial charge in [-0.3, -0.25) is 5.84 Å². The van der Waals surface area contributed by atoms with Crippen molar-refractivity contribution in [2.24, 2.45) is 5.84 Å². The molecule has 0 aliphatic carbocycles. The SMILES string of the molecule is CCc1cc(CC#N)ccc1NN. The molecule has 0 bridgehead atoms. The van der Waals surface area contributed by atoms with E-state index in [0.717, 1.165) is 23.2 Å². The van der Waals surface area contributed by atoms with Gasteiger partial charge in [-0.25, -0.2) is 0 Å². The van der Waals surface area contributed by atoms with Crippen LogP contribution in [0.2, 0.25) is 0 Å². The molecule has 0 aromatic heterocycles. The molecule has 0 aliphatic heterocycles. The van der Waals surface area contributed by atoms with Crippen LogP contribution in [-0.4, -0.2) is 0 Å². The lowest BCUT2D eigenvalue weighted by molar-refractivity contribution is 1.11. The standard InChI is InChI=1S/C10H13N3/c1-2-9-7-8(5-6-11)3-4-10(9)13-12/h3-4,7,13H,2,5,12H2,1H3. The van der Waals surface area contributed by atoms with Gasteiger partial charge in [-0.1, -0.05) is 19.1 Å². The quantitative estimate of drug-likeness (QED) is 0.541. The second-order valence-electron chi connectivity index (χ2n) is 2.82. The van der Waals surface area contributed by atoms with Crippen LogP contribution < -0.4 is 11.3 Å². The minimum absolute atomic E-state index is 0.456. The molecule has 0 saturated carbocycles. The molecule has 0 unspecified atom stereocenters. The van der Waals surface area contributed by atoms with E-state index in [0.29, 0.717) is 6.42 Å². The summed E-state index contributed by atoms with van der Waals surface area (Å²) >= 11 is 0. The van der Waals surface area contributed by atoms with Crippen LogP contribution in [0.15, 0.2) is 18.2 Å². The Morgan fingerprint density at radius 1 is 1.54 bits per heavy atom. The van der Waals surface area contributed by atoms with Gasteiger partial charge in [0.2, 0.25) is 0 Å². The topological polar surface area (TPSA) is 61.8 Å². The number of rotatable bonds is 3. The van der Waals surface area contributed by atoms with Gasteiger partial charge in [-0.05, 0) is 23.6 Å². The lowest BCUT2D eigenvalue weighted by atomic mass is 10.1. The fourth-order valence-corrected chi connectivity index (χ4v) is 1.28. The predicted octanol–water partition coefficient (Wildman–Crippen LogP) is 1.60. The zero-order valence-corrected chi connectivity index (χ0v) is 7.67. The summed E-state index contributed by atoms with van der Waals surface area (Å²) < 4.78 is 0. The molecule has 0 radical (unpaired) electrons. The molecule has 13 heavy (non-hydrogen) atoms. The zero-order chi connectivity index (χ0) is 9.68. The summed E-state index contributed by atoms with van der Waals surface area (Å²) in [5.41, 5.74) is 5.76. The molecule has 0 atom stereocenters. The van der Waals surface area contributed by atoms with Crippen molar-refractivity contribution < 1.29 is 0 Å². The van der Waals surface area contributed by atoms with Crippen molar-refractivity contribution in [3.63, 3.8) is 0 Å². The third-order valence-corrected chi connectivity index (χ3v) is 1.99. The highest BCUT2D eigenvalue weighted by atomic mass is 15.2. The van der Waals surface area contributed by atoms with Crippen LogP contribution in [0.3, 0.4) is 0 Å². The molecule has 0 amide bonds. The maximum Gasteiger partial charge on any atom is 0.0669 e. The Labute approximate surface area is 78.1 Å². The van der Waals surface area contributed by atoms with Crippen LogP contribution in [0.1, 0.15) is 18.1 Å². The van der Waals surface area contributed by atoms with Crippen molar-refractivity contribution in [2.75, 3.05) is 5.43 Å². The lowest BCUT2D eigenvalue weighted by Crippen LogP contribution is -2.09. The molecule has 0 saturated heterocycles. The number of benzene rings is 1. The molecule has 1 rings (SSSR count). The van der Waals surface area contributed by atoms with Crippen LogP contribution in [-0.2, 0) is 12.8 Å². The molecule has 3 heteroatoms. The van der Waals surface area contributed by atoms with Gasteiger partial charge in [0.05, 0.1) is 18.2 Å². The van der Waals surface area contributed by atoms with Crippen molar-refractivity contribution in [3.05, 3.63) is 29.3 Å². The molecular formula is C10H13N3. The van der Waals surface area contributed by atoms with E-state index in [4.69, 9.17) is 11.1 Å². The summed E-state index contributed by atoms with van der Waals surface area (Å²) in [5.74, 6) is 5.34. The Morgan fingerprint density at radius 2 is 2.31 bits per heavy atom. The van der Waals surface area contributed by atoms with E-state index in [1.54, 1.807) is 0 Å². The highest BCUT2D eigenvalue weighted by Gasteiger charge is 2.00. The molecule has 1 aromatic carbocycles. The van der Waals surface area contributed by atoms with Crippen molar-refractivity contribution in [2.45, 2.75) is 19.8 Å². The number of hydrazine groups is 1. The molecule has 3 nitrogen and oxygen atoms in total. The van der Waals surface area contributed by atoms with E-state index in [9.17, 15) is 0 Å². The maximum atomic E-state index is 8.52. The van der Waals surface area contributed by atoms with Gasteiger partial charge in [0.1, 0.15) is 0 Å². The Kier molecular flexibility index (Phi) is 3.30. The van der Waals surface area contributed by atoms with Gasteiger partial charge in [0.15, 0.2) is 0 Å². The number of nitrogens with zero attached hydrogens (tertiary/aromatic N) is 1. The second kappa shape index (κ2) is 4.48. The van der Waals surface area contributed by atoms with Gasteiger partial charge in [0.25, 0.3) is 0 Å². The van der Waals surface area contributed by atoms with Gasteiger partial charge in [-0.15, -0.1) is 0 Å². The zero-order valence-electron chi connectivity index (χ0n) is 7.67. The fraction of sp³-hybridized carbons (Fsp3) is 0.300. The highest BCUT2D eigenvalue weighted by Crippen LogP contribution is 2.17. The second-order valence-corrected chi connectivity index (χ2v) is 2.82. The number of hydrogen-bond acceptors (Lipinski definition) is 3. The van der Waals surface area contributed by atoms with Crippen LogP contribution in [0.5, 0.6) is 0 Å². The van der Waals surface area contributed by atoms with E-state index < -0.39 is 0 Å². The first-order valence-corrected chi connectivity index (χ1v) is 4.27. The summed E-state index contributed by atoms with van der Waals surface area (Å²) in [6.45, 7) is 2.06. The molecule has 3 N–H and O–H groups in total. The van der Waals surface area contributed by atoms with Gasteiger partial charge < -0.3 is 5.43 Å². The van der Waals surface area contributed by atoms with Crippen LogP contribution in [0, 0.1) is 11.3 Å². The number of anilines is 1. The first kappa shape index (κ1) is 9.56. The predicted molar refractivity (Wildman–Crippen MR) is 52.9 cm³/mol. The van der Waals surface area contributed by atoms with Crippen molar-refractivity contribution in [3.8, 4) is 6.07 Å². The fourth-order valence-electron chi connectivity index (χ4n) is 1.28. The molecular weight excluding hydrogens is 162 g/mol. The Balaban J connectivity index is 3.00. The van der Waals surface area contributed by atoms with Crippen molar-refractivity contribution in [1.29, 1.82) is 5.26 Å². The van der Waals surface area contributed by atoms with E-state index in [-0.39, 0.29) is 0 Å². The minimum atomic E-state index is 0.456. The minimum Gasteiger partial charge on any atom is -0.324 e.